The Morgan fingerprint density at radius 3 is 2.36 bits per heavy atom. The van der Waals surface area contributed by atoms with E-state index in [2.05, 4.69) is 6.58 Å². The number of halogens is 3. The summed E-state index contributed by atoms with van der Waals surface area (Å²) in [4.78, 5) is 10.8. The second-order valence-corrected chi connectivity index (χ2v) is 2.71. The lowest BCUT2D eigenvalue weighted by molar-refractivity contribution is 0.100. The molecule has 0 saturated heterocycles. The van der Waals surface area contributed by atoms with Crippen LogP contribution in [0.25, 0.3) is 6.08 Å². The average Bonchev–Trinajstić information content (AvgIpc) is 2.11. The first-order valence-corrected chi connectivity index (χ1v) is 3.80. The maximum absolute atomic E-state index is 13.3. The van der Waals surface area contributed by atoms with Gasteiger partial charge in [-0.15, -0.1) is 0 Å². The van der Waals surface area contributed by atoms with Gasteiger partial charge in [-0.1, -0.05) is 12.7 Å². The second kappa shape index (κ2) is 3.65. The van der Waals surface area contributed by atoms with Gasteiger partial charge in [0.2, 0.25) is 0 Å². The molecule has 0 unspecified atom stereocenters. The van der Waals surface area contributed by atoms with Crippen molar-refractivity contribution in [2.45, 2.75) is 6.92 Å². The van der Waals surface area contributed by atoms with Gasteiger partial charge >= 0.3 is 0 Å². The van der Waals surface area contributed by atoms with E-state index in [1.165, 1.54) is 0 Å². The van der Waals surface area contributed by atoms with E-state index in [4.69, 9.17) is 0 Å². The predicted octanol–water partition coefficient (Wildman–Crippen LogP) is 2.95. The van der Waals surface area contributed by atoms with Gasteiger partial charge in [0.1, 0.15) is 5.82 Å². The standard InChI is InChI=1S/C10H7F3O/c1-3-6-4-7(11)10(13)8(5(2)14)9(6)12/h3-4H,1H2,2H3. The van der Waals surface area contributed by atoms with Crippen LogP contribution < -0.4 is 0 Å². The number of hydrogen-bond acceptors (Lipinski definition) is 1. The Kier molecular flexibility index (Phi) is 2.74. The number of carbonyl (C=O) groups excluding carboxylic acids is 1. The van der Waals surface area contributed by atoms with Crippen LogP contribution in [-0.2, 0) is 0 Å². The summed E-state index contributed by atoms with van der Waals surface area (Å²) in [6.07, 6.45) is 1.02. The molecule has 1 aromatic rings. The van der Waals surface area contributed by atoms with Crippen molar-refractivity contribution >= 4 is 11.9 Å². The van der Waals surface area contributed by atoms with Crippen molar-refractivity contribution < 1.29 is 18.0 Å². The minimum atomic E-state index is -1.46. The van der Waals surface area contributed by atoms with Crippen LogP contribution in [0.3, 0.4) is 0 Å². The van der Waals surface area contributed by atoms with E-state index < -0.39 is 28.8 Å². The first-order chi connectivity index (χ1) is 6.49. The lowest BCUT2D eigenvalue weighted by atomic mass is 10.1. The molecule has 0 aliphatic carbocycles. The Balaban J connectivity index is 3.61. The summed E-state index contributed by atoms with van der Waals surface area (Å²) in [6.45, 7) is 4.19. The SMILES string of the molecule is C=Cc1cc(F)c(F)c(C(C)=O)c1F. The van der Waals surface area contributed by atoms with Crippen molar-refractivity contribution in [2.24, 2.45) is 0 Å². The molecule has 0 radical (unpaired) electrons. The third-order valence-corrected chi connectivity index (χ3v) is 1.76. The van der Waals surface area contributed by atoms with Crippen LogP contribution in [0.15, 0.2) is 12.6 Å². The lowest BCUT2D eigenvalue weighted by Crippen LogP contribution is -2.06. The molecule has 0 saturated carbocycles. The molecular formula is C10H7F3O. The molecule has 0 N–H and O–H groups in total. The first kappa shape index (κ1) is 10.5. The lowest BCUT2D eigenvalue weighted by Gasteiger charge is -2.04. The fourth-order valence-electron chi connectivity index (χ4n) is 1.08. The molecule has 0 bridgehead atoms. The van der Waals surface area contributed by atoms with Crippen molar-refractivity contribution in [3.05, 3.63) is 41.2 Å². The highest BCUT2D eigenvalue weighted by atomic mass is 19.2. The number of Topliss-reactive ketones (excluding diaryl/α,β-unsaturated/α-hetero) is 1. The maximum Gasteiger partial charge on any atom is 0.172 e. The minimum absolute atomic E-state index is 0.228. The number of carbonyl (C=O) groups is 1. The van der Waals surface area contributed by atoms with Crippen LogP contribution >= 0.6 is 0 Å². The molecule has 0 atom stereocenters. The molecule has 1 nitrogen and oxygen atoms in total. The Bertz CT molecular complexity index is 410. The van der Waals surface area contributed by atoms with Gasteiger partial charge in [0.25, 0.3) is 0 Å². The van der Waals surface area contributed by atoms with Gasteiger partial charge in [0, 0.05) is 5.56 Å². The maximum atomic E-state index is 13.3. The summed E-state index contributed by atoms with van der Waals surface area (Å²) >= 11 is 0. The van der Waals surface area contributed by atoms with E-state index in [0.29, 0.717) is 6.07 Å². The molecule has 74 valence electrons. The summed E-state index contributed by atoms with van der Waals surface area (Å²) in [7, 11) is 0. The highest BCUT2D eigenvalue weighted by Gasteiger charge is 2.20. The second-order valence-electron chi connectivity index (χ2n) is 2.71. The summed E-state index contributed by atoms with van der Waals surface area (Å²) in [5.41, 5.74) is -1.09. The van der Waals surface area contributed by atoms with Gasteiger partial charge in [-0.2, -0.15) is 0 Å². The van der Waals surface area contributed by atoms with Gasteiger partial charge in [-0.3, -0.25) is 4.79 Å². The molecule has 1 rings (SSSR count). The van der Waals surface area contributed by atoms with E-state index in [1.54, 1.807) is 0 Å². The highest BCUT2D eigenvalue weighted by molar-refractivity contribution is 5.95. The number of hydrogen-bond donors (Lipinski definition) is 0. The fraction of sp³-hybridized carbons (Fsp3) is 0.100. The fourth-order valence-corrected chi connectivity index (χ4v) is 1.08. The monoisotopic (exact) mass is 200 g/mol. The molecule has 0 amide bonds. The molecule has 14 heavy (non-hydrogen) atoms. The third-order valence-electron chi connectivity index (χ3n) is 1.76. The van der Waals surface area contributed by atoms with Crippen LogP contribution in [0.2, 0.25) is 0 Å². The average molecular weight is 200 g/mol. The molecule has 0 heterocycles. The molecule has 4 heteroatoms. The Hall–Kier alpha value is -1.58. The van der Waals surface area contributed by atoms with E-state index >= 15 is 0 Å². The zero-order chi connectivity index (χ0) is 10.9. The van der Waals surface area contributed by atoms with Crippen molar-refractivity contribution in [1.82, 2.24) is 0 Å². The Labute approximate surface area is 78.9 Å². The molecule has 1 aromatic carbocycles. The number of ketones is 1. The number of benzene rings is 1. The minimum Gasteiger partial charge on any atom is -0.294 e. The molecule has 0 aromatic heterocycles. The Morgan fingerprint density at radius 2 is 1.93 bits per heavy atom. The van der Waals surface area contributed by atoms with Gasteiger partial charge in [0.05, 0.1) is 5.56 Å². The number of rotatable bonds is 2. The van der Waals surface area contributed by atoms with Crippen molar-refractivity contribution in [2.75, 3.05) is 0 Å². The smallest absolute Gasteiger partial charge is 0.172 e. The van der Waals surface area contributed by atoms with Crippen molar-refractivity contribution in [3.8, 4) is 0 Å². The first-order valence-electron chi connectivity index (χ1n) is 3.80. The van der Waals surface area contributed by atoms with Gasteiger partial charge in [-0.05, 0) is 13.0 Å². The summed E-state index contributed by atoms with van der Waals surface area (Å²) in [5, 5.41) is 0. The van der Waals surface area contributed by atoms with Crippen LogP contribution in [0.4, 0.5) is 13.2 Å². The normalized spacial score (nSPS) is 10.0. The molecule has 0 aliphatic rings. The van der Waals surface area contributed by atoms with E-state index in [1.807, 2.05) is 0 Å². The van der Waals surface area contributed by atoms with Crippen LogP contribution in [0.5, 0.6) is 0 Å². The van der Waals surface area contributed by atoms with Crippen molar-refractivity contribution in [1.29, 1.82) is 0 Å². The zero-order valence-corrected chi connectivity index (χ0v) is 7.40. The molecule has 0 spiro atoms. The summed E-state index contributed by atoms with van der Waals surface area (Å²) < 4.78 is 39.1. The van der Waals surface area contributed by atoms with Crippen LogP contribution in [0, 0.1) is 17.5 Å². The molecule has 0 fully saturated rings. The predicted molar refractivity (Wildman–Crippen MR) is 46.4 cm³/mol. The van der Waals surface area contributed by atoms with E-state index in [0.717, 1.165) is 13.0 Å². The van der Waals surface area contributed by atoms with E-state index in [-0.39, 0.29) is 5.56 Å². The van der Waals surface area contributed by atoms with Crippen LogP contribution in [0.1, 0.15) is 22.8 Å². The molecular weight excluding hydrogens is 193 g/mol. The zero-order valence-electron chi connectivity index (χ0n) is 7.40. The quantitative estimate of drug-likeness (QED) is 0.529. The largest absolute Gasteiger partial charge is 0.294 e. The Morgan fingerprint density at radius 1 is 1.36 bits per heavy atom. The van der Waals surface area contributed by atoms with E-state index in [9.17, 15) is 18.0 Å². The summed E-state index contributed by atoms with van der Waals surface area (Å²) in [6, 6.07) is 0.657. The summed E-state index contributed by atoms with van der Waals surface area (Å²) in [5.74, 6) is -4.65. The molecule has 0 aliphatic heterocycles. The van der Waals surface area contributed by atoms with Crippen molar-refractivity contribution in [3.63, 3.8) is 0 Å². The topological polar surface area (TPSA) is 17.1 Å². The highest BCUT2D eigenvalue weighted by Crippen LogP contribution is 2.21. The van der Waals surface area contributed by atoms with Gasteiger partial charge < -0.3 is 0 Å². The van der Waals surface area contributed by atoms with Gasteiger partial charge in [0.15, 0.2) is 17.4 Å². The van der Waals surface area contributed by atoms with Gasteiger partial charge in [-0.25, -0.2) is 13.2 Å². The third kappa shape index (κ3) is 1.55. The van der Waals surface area contributed by atoms with Crippen LogP contribution in [-0.4, -0.2) is 5.78 Å².